The first kappa shape index (κ1) is 38.5. The summed E-state index contributed by atoms with van der Waals surface area (Å²) in [7, 11) is 3.52. The largest absolute Gasteiger partial charge is 0.444 e. The fourth-order valence-corrected chi connectivity index (χ4v) is 6.73. The van der Waals surface area contributed by atoms with Crippen LogP contribution in [0.25, 0.3) is 0 Å². The highest BCUT2D eigenvalue weighted by Crippen LogP contribution is 2.20. The number of carbonyl (C=O) groups is 3. The van der Waals surface area contributed by atoms with Crippen molar-refractivity contribution in [2.75, 3.05) is 20.6 Å². The predicted octanol–water partition coefficient (Wildman–Crippen LogP) is 5.89. The summed E-state index contributed by atoms with van der Waals surface area (Å²) in [5, 5.41) is 15.3. The Bertz CT molecular complexity index is 1590. The zero-order valence-electron chi connectivity index (χ0n) is 29.3. The van der Waals surface area contributed by atoms with Crippen molar-refractivity contribution in [1.29, 1.82) is 0 Å². The van der Waals surface area contributed by atoms with Gasteiger partial charge in [0.1, 0.15) is 12.6 Å². The van der Waals surface area contributed by atoms with Gasteiger partial charge in [0, 0.05) is 36.6 Å². The number of aromatic nitrogens is 2. The maximum atomic E-state index is 13.9. The van der Waals surface area contributed by atoms with E-state index in [9.17, 15) is 14.4 Å². The lowest BCUT2D eigenvalue weighted by atomic mass is 9.95. The molecule has 2 aromatic carbocycles. The van der Waals surface area contributed by atoms with Crippen molar-refractivity contribution >= 4 is 40.7 Å². The number of carbonyl (C=O) groups excluding carboxylic acids is 3. The van der Waals surface area contributed by atoms with Gasteiger partial charge < -0.3 is 30.9 Å². The van der Waals surface area contributed by atoms with Crippen molar-refractivity contribution in [2.24, 2.45) is 0 Å². The first-order chi connectivity index (χ1) is 24.2. The molecule has 4 rings (SSSR count). The van der Waals surface area contributed by atoms with E-state index >= 15 is 0 Å². The van der Waals surface area contributed by atoms with Crippen molar-refractivity contribution in [1.82, 2.24) is 36.1 Å². The summed E-state index contributed by atoms with van der Waals surface area (Å²) in [5.41, 5.74) is 4.68. The molecular formula is C37H49N7O4S2. The molecule has 3 unspecified atom stereocenters. The van der Waals surface area contributed by atoms with Crippen molar-refractivity contribution in [3.63, 3.8) is 0 Å². The molecule has 4 amide bonds. The van der Waals surface area contributed by atoms with Crippen molar-refractivity contribution in [2.45, 2.75) is 83.1 Å². The number of hydrogen-bond acceptors (Lipinski definition) is 9. The summed E-state index contributed by atoms with van der Waals surface area (Å²) >= 11 is 3.02. The number of ether oxygens (including phenoxy) is 1. The van der Waals surface area contributed by atoms with Crippen LogP contribution in [0.15, 0.2) is 77.8 Å². The van der Waals surface area contributed by atoms with E-state index in [0.29, 0.717) is 51.1 Å². The Morgan fingerprint density at radius 2 is 1.50 bits per heavy atom. The molecule has 2 heterocycles. The molecule has 3 atom stereocenters. The molecule has 0 fully saturated rings. The Morgan fingerprint density at radius 3 is 2.06 bits per heavy atom. The normalized spacial score (nSPS) is 12.9. The first-order valence-electron chi connectivity index (χ1n) is 17.0. The lowest BCUT2D eigenvalue weighted by molar-refractivity contribution is -0.123. The minimum atomic E-state index is -0.753. The number of amides is 4. The molecule has 0 aliphatic carbocycles. The molecule has 0 saturated heterocycles. The molecule has 0 spiro atoms. The van der Waals surface area contributed by atoms with Crippen LogP contribution in [0, 0.1) is 0 Å². The van der Waals surface area contributed by atoms with E-state index in [0.717, 1.165) is 26.7 Å². The van der Waals surface area contributed by atoms with Crippen LogP contribution < -0.4 is 21.3 Å². The van der Waals surface area contributed by atoms with Gasteiger partial charge in [-0.05, 0) is 56.8 Å². The lowest BCUT2D eigenvalue weighted by Crippen LogP contribution is -2.53. The molecule has 268 valence electrons. The van der Waals surface area contributed by atoms with Crippen LogP contribution in [0.3, 0.4) is 0 Å². The zero-order chi connectivity index (χ0) is 35.7. The number of thiazole rings is 2. The molecular weight excluding hydrogens is 671 g/mol. The SMILES string of the molecule is CNCCC(NC(=O)N(C)Cc1csc(C(C)C)n1)C(=O)NC(CCC(Cc1ccccc1)NC(=O)OCc1cncs1)Cc1ccccc1. The van der Waals surface area contributed by atoms with Crippen LogP contribution in [-0.2, 0) is 35.5 Å². The Hall–Kier alpha value is -4.33. The molecule has 0 radical (unpaired) electrons. The Balaban J connectivity index is 1.43. The Labute approximate surface area is 303 Å². The van der Waals surface area contributed by atoms with Crippen LogP contribution in [0.2, 0.25) is 0 Å². The molecule has 50 heavy (non-hydrogen) atoms. The molecule has 0 aliphatic rings. The second-order valence-electron chi connectivity index (χ2n) is 12.6. The molecule has 2 aromatic heterocycles. The fraction of sp³-hybridized carbons (Fsp3) is 0.432. The van der Waals surface area contributed by atoms with Crippen molar-refractivity contribution in [3.05, 3.63) is 104 Å². The quantitative estimate of drug-likeness (QED) is 0.0949. The molecule has 11 nitrogen and oxygen atoms in total. The minimum Gasteiger partial charge on any atom is -0.444 e. The van der Waals surface area contributed by atoms with Gasteiger partial charge in [-0.1, -0.05) is 74.5 Å². The van der Waals surface area contributed by atoms with E-state index in [4.69, 9.17) is 4.74 Å². The number of rotatable bonds is 19. The van der Waals surface area contributed by atoms with Gasteiger partial charge in [-0.3, -0.25) is 9.78 Å². The molecule has 4 aromatic rings. The van der Waals surface area contributed by atoms with Crippen LogP contribution in [0.5, 0.6) is 0 Å². The number of nitrogens with one attached hydrogen (secondary N) is 4. The van der Waals surface area contributed by atoms with Crippen LogP contribution in [-0.4, -0.2) is 71.7 Å². The fourth-order valence-electron chi connectivity index (χ4n) is 5.40. The van der Waals surface area contributed by atoms with Gasteiger partial charge >= 0.3 is 12.1 Å². The molecule has 13 heteroatoms. The van der Waals surface area contributed by atoms with Gasteiger partial charge in [-0.2, -0.15) is 0 Å². The number of benzene rings is 2. The van der Waals surface area contributed by atoms with Gasteiger partial charge in [-0.25, -0.2) is 14.6 Å². The number of nitrogens with zero attached hydrogens (tertiary/aromatic N) is 3. The average molecular weight is 720 g/mol. The third kappa shape index (κ3) is 13.2. The standard InChI is InChI=1S/C37H49N7O4S2/c1-26(2)35-41-31(24-49-35)22-44(4)36(46)43-33(17-18-38-3)34(45)40-29(19-27-11-7-5-8-12-27)15-16-30(20-28-13-9-6-10-14-28)42-37(47)48-23-32-21-39-25-50-32/h5-14,21,24-26,29-30,33,38H,15-20,22-23H2,1-4H3,(H,40,45)(H,42,47)(H,43,46). The molecule has 0 bridgehead atoms. The zero-order valence-corrected chi connectivity index (χ0v) is 30.9. The monoisotopic (exact) mass is 719 g/mol. The van der Waals surface area contributed by atoms with Crippen LogP contribution in [0.1, 0.15) is 65.7 Å². The maximum Gasteiger partial charge on any atom is 0.407 e. The highest BCUT2D eigenvalue weighted by molar-refractivity contribution is 7.09. The summed E-state index contributed by atoms with van der Waals surface area (Å²) in [6, 6.07) is 18.4. The minimum absolute atomic E-state index is 0.152. The van der Waals surface area contributed by atoms with Crippen LogP contribution >= 0.6 is 22.7 Å². The van der Waals surface area contributed by atoms with Gasteiger partial charge in [0.25, 0.3) is 0 Å². The third-order valence-electron chi connectivity index (χ3n) is 8.12. The lowest BCUT2D eigenvalue weighted by Gasteiger charge is -2.27. The average Bonchev–Trinajstić information content (AvgIpc) is 3.82. The summed E-state index contributed by atoms with van der Waals surface area (Å²) in [4.78, 5) is 51.1. The topological polar surface area (TPSA) is 138 Å². The van der Waals surface area contributed by atoms with Gasteiger partial charge in [-0.15, -0.1) is 22.7 Å². The van der Waals surface area contributed by atoms with Gasteiger partial charge in [0.2, 0.25) is 5.91 Å². The first-order valence-corrected chi connectivity index (χ1v) is 18.8. The highest BCUT2D eigenvalue weighted by Gasteiger charge is 2.26. The van der Waals surface area contributed by atoms with E-state index in [-0.39, 0.29) is 30.6 Å². The van der Waals surface area contributed by atoms with E-state index < -0.39 is 12.1 Å². The maximum absolute atomic E-state index is 13.9. The predicted molar refractivity (Wildman–Crippen MR) is 199 cm³/mol. The van der Waals surface area contributed by atoms with Crippen molar-refractivity contribution < 1.29 is 19.1 Å². The van der Waals surface area contributed by atoms with Gasteiger partial charge in [0.15, 0.2) is 0 Å². The summed E-state index contributed by atoms with van der Waals surface area (Å²) in [5.74, 6) is 0.0638. The number of alkyl carbamates (subject to hydrolysis) is 1. The second-order valence-corrected chi connectivity index (χ2v) is 14.5. The van der Waals surface area contributed by atoms with Gasteiger partial charge in [0.05, 0.1) is 27.6 Å². The summed E-state index contributed by atoms with van der Waals surface area (Å²) in [6.07, 6.45) is 3.97. The molecule has 0 saturated carbocycles. The number of hydrogen-bond donors (Lipinski definition) is 4. The van der Waals surface area contributed by atoms with E-state index in [1.165, 1.54) is 11.3 Å². The van der Waals surface area contributed by atoms with E-state index in [2.05, 4.69) is 45.1 Å². The number of urea groups is 1. The van der Waals surface area contributed by atoms with E-state index in [1.54, 1.807) is 35.0 Å². The second kappa shape index (κ2) is 20.4. The van der Waals surface area contributed by atoms with Crippen molar-refractivity contribution in [3.8, 4) is 0 Å². The summed E-state index contributed by atoms with van der Waals surface area (Å²) in [6.45, 7) is 5.22. The third-order valence-corrected chi connectivity index (χ3v) is 10.1. The van der Waals surface area contributed by atoms with E-state index in [1.807, 2.05) is 73.1 Å². The molecule has 0 aliphatic heterocycles. The Kier molecular flexibility index (Phi) is 15.7. The smallest absolute Gasteiger partial charge is 0.407 e. The molecule has 4 N–H and O–H groups in total. The highest BCUT2D eigenvalue weighted by atomic mass is 32.1. The summed E-state index contributed by atoms with van der Waals surface area (Å²) < 4.78 is 5.49. The van der Waals surface area contributed by atoms with Crippen LogP contribution in [0.4, 0.5) is 9.59 Å². The Morgan fingerprint density at radius 1 is 0.860 bits per heavy atom.